The van der Waals surface area contributed by atoms with Crippen molar-refractivity contribution in [1.82, 2.24) is 0 Å². The second-order valence-corrected chi connectivity index (χ2v) is 7.90. The largest absolute Gasteiger partial charge is 0.388 e. The molecule has 1 heterocycles. The molecule has 4 rings (SSSR count). The van der Waals surface area contributed by atoms with Gasteiger partial charge in [0.1, 0.15) is 0 Å². The summed E-state index contributed by atoms with van der Waals surface area (Å²) in [5.74, 6) is -1.11. The standard InChI is InChI=1S/C26H25ClN2O3/c1-16-6-3-4-7-20(16)25(31)28-19-10-11-21(17(2)14-19)26(32)29-13-5-8-24(30)22-15-18(27)9-12-23(22)29/h3-4,6-7,9-12,14-15,24,30H,5,8,13H2,1-2H3,(H,28,31)/i8D2,13D2,24D. The number of hydrogen-bond donors (Lipinski definition) is 2. The first-order valence-electron chi connectivity index (χ1n) is 12.5. The summed E-state index contributed by atoms with van der Waals surface area (Å²) in [5.41, 5.74) is 1.81. The number of fused-ring (bicyclic) bond motifs is 1. The Morgan fingerprint density at radius 1 is 1.09 bits per heavy atom. The molecule has 0 aromatic heterocycles. The topological polar surface area (TPSA) is 69.6 Å². The number of amides is 2. The summed E-state index contributed by atoms with van der Waals surface area (Å²) in [4.78, 5) is 27.2. The Kier molecular flexibility index (Phi) is 4.71. The number of aryl methyl sites for hydroxylation is 2. The van der Waals surface area contributed by atoms with Gasteiger partial charge < -0.3 is 15.3 Å². The number of anilines is 2. The van der Waals surface area contributed by atoms with Gasteiger partial charge in [0.25, 0.3) is 11.8 Å². The van der Waals surface area contributed by atoms with Gasteiger partial charge in [-0.2, -0.15) is 0 Å². The highest BCUT2D eigenvalue weighted by Crippen LogP contribution is 2.36. The summed E-state index contributed by atoms with van der Waals surface area (Å²) in [6.07, 6.45) is -6.57. The van der Waals surface area contributed by atoms with E-state index in [-0.39, 0.29) is 27.7 Å². The van der Waals surface area contributed by atoms with Crippen LogP contribution in [0.15, 0.2) is 60.7 Å². The zero-order chi connectivity index (χ0) is 27.3. The fraction of sp³-hybridized carbons (Fsp3) is 0.231. The van der Waals surface area contributed by atoms with Crippen molar-refractivity contribution >= 4 is 34.8 Å². The smallest absolute Gasteiger partial charge is 0.258 e. The van der Waals surface area contributed by atoms with Crippen LogP contribution >= 0.6 is 11.6 Å². The number of hydrogen-bond acceptors (Lipinski definition) is 3. The van der Waals surface area contributed by atoms with Gasteiger partial charge in [-0.25, -0.2) is 0 Å². The normalized spacial score (nSPS) is 23.4. The van der Waals surface area contributed by atoms with E-state index in [1.807, 2.05) is 19.1 Å². The van der Waals surface area contributed by atoms with E-state index < -0.39 is 31.3 Å². The summed E-state index contributed by atoms with van der Waals surface area (Å²) in [5, 5.41) is 13.7. The van der Waals surface area contributed by atoms with Crippen molar-refractivity contribution in [2.45, 2.75) is 32.7 Å². The quantitative estimate of drug-likeness (QED) is 0.535. The molecule has 3 aromatic rings. The molecule has 0 fully saturated rings. The van der Waals surface area contributed by atoms with Crippen LogP contribution in [0.25, 0.3) is 0 Å². The van der Waals surface area contributed by atoms with Crippen LogP contribution in [0.5, 0.6) is 0 Å². The minimum atomic E-state index is -2.87. The molecule has 1 atom stereocenters. The lowest BCUT2D eigenvalue weighted by atomic mass is 10.0. The number of nitrogens with zero attached hydrogens (tertiary/aromatic N) is 1. The predicted octanol–water partition coefficient (Wildman–Crippen LogP) is 5.68. The maximum absolute atomic E-state index is 13.8. The molecule has 0 aliphatic carbocycles. The Bertz CT molecular complexity index is 1410. The van der Waals surface area contributed by atoms with Crippen molar-refractivity contribution in [3.8, 4) is 0 Å². The van der Waals surface area contributed by atoms with Crippen molar-refractivity contribution in [3.05, 3.63) is 93.5 Å². The molecule has 0 radical (unpaired) electrons. The minimum Gasteiger partial charge on any atom is -0.388 e. The van der Waals surface area contributed by atoms with Gasteiger partial charge in [-0.15, -0.1) is 0 Å². The summed E-state index contributed by atoms with van der Waals surface area (Å²) < 4.78 is 42.0. The molecule has 32 heavy (non-hydrogen) atoms. The molecule has 3 aromatic carbocycles. The van der Waals surface area contributed by atoms with E-state index in [9.17, 15) is 14.7 Å². The number of carbonyl (C=O) groups excluding carboxylic acids is 2. The van der Waals surface area contributed by atoms with Gasteiger partial charge in [-0.3, -0.25) is 9.59 Å². The van der Waals surface area contributed by atoms with Gasteiger partial charge >= 0.3 is 0 Å². The third kappa shape index (κ3) is 4.40. The van der Waals surface area contributed by atoms with Crippen LogP contribution in [0, 0.1) is 13.8 Å². The number of carbonyl (C=O) groups is 2. The highest BCUT2D eigenvalue weighted by atomic mass is 35.5. The summed E-state index contributed by atoms with van der Waals surface area (Å²) in [6.45, 7) is 0.855. The number of halogens is 1. The van der Waals surface area contributed by atoms with Crippen LogP contribution in [0.4, 0.5) is 11.4 Å². The van der Waals surface area contributed by atoms with Gasteiger partial charge in [-0.05, 0) is 80.2 Å². The molecule has 2 N–H and O–H groups in total. The second kappa shape index (κ2) is 9.15. The number of benzene rings is 3. The Morgan fingerprint density at radius 2 is 1.88 bits per heavy atom. The van der Waals surface area contributed by atoms with Crippen LogP contribution in [-0.4, -0.2) is 23.4 Å². The number of aliphatic hydroxyl groups is 1. The van der Waals surface area contributed by atoms with E-state index in [0.29, 0.717) is 16.8 Å². The van der Waals surface area contributed by atoms with Crippen molar-refractivity contribution in [3.63, 3.8) is 0 Å². The Balaban J connectivity index is 1.74. The van der Waals surface area contributed by atoms with E-state index in [1.54, 1.807) is 25.1 Å². The average molecular weight is 454 g/mol. The van der Waals surface area contributed by atoms with Crippen molar-refractivity contribution in [1.29, 1.82) is 0 Å². The van der Waals surface area contributed by atoms with E-state index in [2.05, 4.69) is 5.32 Å². The van der Waals surface area contributed by atoms with Gasteiger partial charge in [0.05, 0.1) is 7.45 Å². The van der Waals surface area contributed by atoms with Crippen molar-refractivity contribution in [2.75, 3.05) is 16.7 Å². The third-order valence-corrected chi connectivity index (χ3v) is 5.49. The molecular weight excluding hydrogens is 424 g/mol. The molecule has 0 bridgehead atoms. The summed E-state index contributed by atoms with van der Waals surface area (Å²) >= 11 is 6.06. The van der Waals surface area contributed by atoms with Crippen LogP contribution in [0.1, 0.15) is 63.1 Å². The Hall–Kier alpha value is -3.15. The van der Waals surface area contributed by atoms with Crippen LogP contribution in [-0.2, 0) is 0 Å². The highest BCUT2D eigenvalue weighted by molar-refractivity contribution is 6.30. The second-order valence-electron chi connectivity index (χ2n) is 7.46. The van der Waals surface area contributed by atoms with Crippen LogP contribution in [0.3, 0.4) is 0 Å². The van der Waals surface area contributed by atoms with E-state index in [4.69, 9.17) is 18.5 Å². The maximum atomic E-state index is 13.8. The Labute approximate surface area is 199 Å². The molecule has 5 nitrogen and oxygen atoms in total. The molecule has 0 spiro atoms. The summed E-state index contributed by atoms with van der Waals surface area (Å²) in [7, 11) is 0. The highest BCUT2D eigenvalue weighted by Gasteiger charge is 2.27. The first kappa shape index (κ1) is 16.5. The maximum Gasteiger partial charge on any atom is 0.258 e. The lowest BCUT2D eigenvalue weighted by Crippen LogP contribution is -2.32. The Morgan fingerprint density at radius 3 is 2.62 bits per heavy atom. The predicted molar refractivity (Wildman–Crippen MR) is 128 cm³/mol. The first-order valence-corrected chi connectivity index (χ1v) is 10.4. The van der Waals surface area contributed by atoms with Gasteiger partial charge in [0, 0.05) is 45.1 Å². The fourth-order valence-corrected chi connectivity index (χ4v) is 3.76. The average Bonchev–Trinajstić information content (AvgIpc) is 2.83. The third-order valence-electron chi connectivity index (χ3n) is 5.26. The molecule has 1 aliphatic heterocycles. The molecule has 164 valence electrons. The van der Waals surface area contributed by atoms with Crippen LogP contribution < -0.4 is 10.2 Å². The van der Waals surface area contributed by atoms with Gasteiger partial charge in [0.2, 0.25) is 0 Å². The molecule has 1 aliphatic rings. The first-order chi connectivity index (χ1) is 17.2. The SMILES string of the molecule is [2H]C1([2H])CC([2H])([2H])C([2H])(O)c2cc(Cl)ccc2N1C(=O)c1ccc(NC(=O)c2ccccc2C)cc1C. The monoisotopic (exact) mass is 453 g/mol. The fourth-order valence-electron chi connectivity index (χ4n) is 3.58. The zero-order valence-electron chi connectivity index (χ0n) is 22.6. The molecular formula is C26H25ClN2O3. The summed E-state index contributed by atoms with van der Waals surface area (Å²) in [6, 6.07) is 15.5. The van der Waals surface area contributed by atoms with E-state index in [0.717, 1.165) is 10.5 Å². The van der Waals surface area contributed by atoms with E-state index >= 15 is 0 Å². The van der Waals surface area contributed by atoms with Crippen LogP contribution in [0.2, 0.25) is 5.02 Å². The molecule has 0 saturated carbocycles. The molecule has 2 amide bonds. The molecule has 1 unspecified atom stereocenters. The van der Waals surface area contributed by atoms with Gasteiger partial charge in [-0.1, -0.05) is 29.8 Å². The lowest BCUT2D eigenvalue weighted by Gasteiger charge is -2.24. The van der Waals surface area contributed by atoms with Crippen molar-refractivity contribution in [2.24, 2.45) is 0 Å². The minimum absolute atomic E-state index is 0.0972. The van der Waals surface area contributed by atoms with E-state index in [1.165, 1.54) is 30.3 Å². The lowest BCUT2D eigenvalue weighted by molar-refractivity contribution is 0.0985. The number of rotatable bonds is 3. The molecule has 0 saturated heterocycles. The van der Waals surface area contributed by atoms with Gasteiger partial charge in [0.15, 0.2) is 0 Å². The zero-order valence-corrected chi connectivity index (χ0v) is 18.3. The van der Waals surface area contributed by atoms with Crippen molar-refractivity contribution < 1.29 is 21.5 Å². The number of nitrogens with one attached hydrogen (secondary N) is 1. The molecule has 6 heteroatoms.